The molecule has 24 nitrogen and oxygen atoms in total. The van der Waals surface area contributed by atoms with Crippen molar-refractivity contribution in [2.45, 2.75) is 406 Å². The Morgan fingerprint density at radius 1 is 0.297 bits per heavy atom. The Hall–Kier alpha value is -7.21. The van der Waals surface area contributed by atoms with Crippen molar-refractivity contribution in [2.75, 3.05) is 61.8 Å². The molecule has 0 aliphatic carbocycles. The van der Waals surface area contributed by atoms with Gasteiger partial charge in [0.05, 0.1) is 55.7 Å². The molecule has 6 amide bonds. The number of benzene rings is 1. The number of nitrogens with zero attached hydrogens (tertiary/aromatic N) is 3. The molecule has 0 spiro atoms. The van der Waals surface area contributed by atoms with Crippen molar-refractivity contribution in [1.29, 1.82) is 0 Å². The van der Waals surface area contributed by atoms with E-state index in [0.29, 0.717) is 22.3 Å². The maximum atomic E-state index is 13.2. The first kappa shape index (κ1) is 200. The number of methoxy groups -OCH3 is 3. The van der Waals surface area contributed by atoms with E-state index in [4.69, 9.17) is 47.2 Å². The van der Waals surface area contributed by atoms with E-state index in [9.17, 15) is 57.5 Å². The first-order valence-electron chi connectivity index (χ1n) is 29.3. The molecule has 1 rings (SSSR count). The van der Waals surface area contributed by atoms with Crippen LogP contribution in [0, 0.1) is 21.7 Å². The van der Waals surface area contributed by atoms with Gasteiger partial charge in [0.15, 0.2) is 0 Å². The Bertz CT molecular complexity index is 2920. The molecule has 0 heterocycles. The predicted molar refractivity (Wildman–Crippen MR) is 527 cm³/mol. The van der Waals surface area contributed by atoms with Gasteiger partial charge in [0.25, 0.3) is 0 Å². The summed E-state index contributed by atoms with van der Waals surface area (Å²) in [5.41, 5.74) is -11.8. The minimum Gasteiger partial charge on any atom is -0.468 e. The average Bonchev–Trinajstić information content (AvgIpc) is 0.776. The van der Waals surface area contributed by atoms with Crippen LogP contribution in [0.1, 0.15) is 378 Å². The van der Waals surface area contributed by atoms with Crippen molar-refractivity contribution in [1.82, 2.24) is 30.7 Å². The summed E-state index contributed by atoms with van der Waals surface area (Å²) in [5.74, 6) is -7.31. The van der Waals surface area contributed by atoms with Gasteiger partial charge in [0.2, 0.25) is 41.0 Å². The minimum absolute atomic E-state index is 0. The fourth-order valence-corrected chi connectivity index (χ4v) is 8.18. The van der Waals surface area contributed by atoms with Gasteiger partial charge < -0.3 is 59.1 Å². The number of rotatable bonds is 25. The number of ether oxygens (including phenoxy) is 6. The Labute approximate surface area is 743 Å². The lowest BCUT2D eigenvalue weighted by atomic mass is 9.77. The third kappa shape index (κ3) is 50.8. The van der Waals surface area contributed by atoms with E-state index in [2.05, 4.69) is 20.7 Å². The highest BCUT2D eigenvalue weighted by Crippen LogP contribution is 2.39. The molecule has 0 unspecified atom stereocenters. The molecule has 0 saturated carbocycles. The summed E-state index contributed by atoms with van der Waals surface area (Å²) in [4.78, 5) is 154. The molecule has 3 N–H and O–H groups in total. The fraction of sp³-hybridized carbons (Fsp3) is 0.780. The topological polar surface area (TPSA) is 306 Å². The van der Waals surface area contributed by atoms with Gasteiger partial charge in [-0.25, -0.2) is 4.79 Å². The van der Waals surface area contributed by atoms with E-state index in [1.54, 1.807) is 93.5 Å². The van der Waals surface area contributed by atoms with Crippen molar-refractivity contribution in [3.8, 4) is 0 Å². The quantitative estimate of drug-likeness (QED) is 0.0269. The molecular formula is C91H211B3N6O18. The second kappa shape index (κ2) is 74.8. The van der Waals surface area contributed by atoms with Gasteiger partial charge in [-0.3, -0.25) is 52.7 Å². The zero-order chi connectivity index (χ0) is 72.8. The van der Waals surface area contributed by atoms with Gasteiger partial charge in [-0.05, 0) is 202 Å². The summed E-state index contributed by atoms with van der Waals surface area (Å²) >= 11 is 0. The lowest BCUT2D eigenvalue weighted by molar-refractivity contribution is -0.184. The highest BCUT2D eigenvalue weighted by atomic mass is 16.6. The number of hydrogen-bond donors (Lipinski definition) is 3. The maximum absolute atomic E-state index is 13.2. The van der Waals surface area contributed by atoms with Crippen LogP contribution in [0.15, 0.2) is 35.4 Å². The normalized spacial score (nSPS) is 9.88. The summed E-state index contributed by atoms with van der Waals surface area (Å²) in [6, 6.07) is 7.12. The summed E-state index contributed by atoms with van der Waals surface area (Å²) in [6.07, 6.45) is -0.0411. The van der Waals surface area contributed by atoms with Crippen LogP contribution in [0.4, 0.5) is 0 Å². The molecular weight excluding hydrogens is 1500 g/mol. The highest BCUT2D eigenvalue weighted by molar-refractivity contribution is 6.12. The third-order valence-electron chi connectivity index (χ3n) is 15.7. The second-order valence-electron chi connectivity index (χ2n) is 27.9. The van der Waals surface area contributed by atoms with E-state index in [-0.39, 0.29) is 220 Å². The largest absolute Gasteiger partial charge is 0.468 e. The summed E-state index contributed by atoms with van der Waals surface area (Å²) in [7, 11) is 24.8. The van der Waals surface area contributed by atoms with Crippen molar-refractivity contribution in [3.63, 3.8) is 0 Å². The van der Waals surface area contributed by atoms with E-state index >= 15 is 0 Å². The standard InChI is InChI=1S/C25H37BN2O6.C23H39BN2O6.C16H27BN2O6.27CH4/c1-22(2,20(31)33-10)16-13-11-12-14-17(16)25(7,8)34-21(32)23(3,4)18(29)27-24(5,6)19(30)28(9)15-26;1-14(20(3,4)18(29)31-12)15(2)23(9,10)32-19(30)21(5,6)16(27)25-22(7,8)17(28)26(11)13-24;1-14(2,12(22)25-16(5,6)13(23)24-8)10(20)18-15(3,4)11(21)19(7)9-17;;;;;;;;;;;;;;;;;;;;;;;;;;;/h11-14H,15H2,1-10H3,(H,27,29);13H2,1-12H3,(H,25,27);9H2,1-8H3,(H,18,20);27*1H4/b;15-14-;;;;;;;;;;;;;;;;;;;;;;;;;;;;. The van der Waals surface area contributed by atoms with Crippen molar-refractivity contribution in [2.24, 2.45) is 21.7 Å². The molecule has 118 heavy (non-hydrogen) atoms. The van der Waals surface area contributed by atoms with Crippen molar-refractivity contribution >= 4 is 94.8 Å². The van der Waals surface area contributed by atoms with Gasteiger partial charge in [0, 0.05) is 21.1 Å². The van der Waals surface area contributed by atoms with E-state index in [1.807, 2.05) is 0 Å². The lowest BCUT2D eigenvalue weighted by Crippen LogP contribution is -2.59. The first-order chi connectivity index (χ1) is 40.7. The maximum Gasteiger partial charge on any atom is 0.349 e. The molecule has 722 valence electrons. The number of carbonyl (C=O) groups excluding carboxylic acids is 12. The Kier molecular flexibility index (Phi) is 127. The molecule has 0 bridgehead atoms. The second-order valence-corrected chi connectivity index (χ2v) is 27.9. The third-order valence-corrected chi connectivity index (χ3v) is 15.7. The van der Waals surface area contributed by atoms with Crippen LogP contribution >= 0.6 is 0 Å². The molecule has 0 atom stereocenters. The van der Waals surface area contributed by atoms with Crippen LogP contribution < -0.4 is 16.0 Å². The Balaban J connectivity index is -0.0000000337. The fourth-order valence-electron chi connectivity index (χ4n) is 8.18. The van der Waals surface area contributed by atoms with Gasteiger partial charge in [0.1, 0.15) is 44.1 Å². The molecule has 0 aliphatic heterocycles. The summed E-state index contributed by atoms with van der Waals surface area (Å²) in [5, 5.41) is 7.76. The number of nitrogens with one attached hydrogen (secondary N) is 3. The number of amides is 6. The Morgan fingerprint density at radius 3 is 0.729 bits per heavy atom. The molecule has 0 aliphatic rings. The van der Waals surface area contributed by atoms with Crippen LogP contribution in [-0.2, 0) is 97.0 Å². The van der Waals surface area contributed by atoms with Crippen LogP contribution in [0.5, 0.6) is 0 Å². The van der Waals surface area contributed by atoms with Gasteiger partial charge in [-0.1, -0.05) is 230 Å². The van der Waals surface area contributed by atoms with Gasteiger partial charge in [-0.2, -0.15) is 0 Å². The van der Waals surface area contributed by atoms with Crippen LogP contribution in [0.25, 0.3) is 0 Å². The Morgan fingerprint density at radius 2 is 0.508 bits per heavy atom. The number of likely N-dealkylation sites (N-methyl/N-ethyl adjacent to an activating group) is 3. The lowest BCUT2D eigenvalue weighted by Gasteiger charge is -2.36. The van der Waals surface area contributed by atoms with Crippen molar-refractivity contribution < 1.29 is 86.0 Å². The SMILES string of the molecule is C.C.C.C.C.C.C.C.C.C.C.C.C.C.C.C.C.C.C.C.C.C.C.C.C.C.C.[B]CN(C)C(=O)C(C)(C)NC(=O)C(C)(C)C(=O)OC(C)(C)/C(C)=C(/C)C(C)(C)C(=O)OC.[B]CN(C)C(=O)C(C)(C)NC(=O)C(C)(C)C(=O)OC(C)(C)C(=O)OC.[B]CN(C)C(=O)C(C)(C)NC(=O)C(C)(C)C(=O)OC(C)(C)c1ccccc1C(C)(C)C(=O)OC. The van der Waals surface area contributed by atoms with E-state index < -0.39 is 132 Å². The zero-order valence-electron chi connectivity index (χ0n) is 59.9. The molecule has 0 saturated heterocycles. The number of carbonyl (C=O) groups is 12. The molecule has 1 aromatic rings. The number of hydrogen-bond acceptors (Lipinski definition) is 18. The monoisotopic (exact) mass is 1710 g/mol. The van der Waals surface area contributed by atoms with Crippen molar-refractivity contribution in [3.05, 3.63) is 46.5 Å². The first-order valence-corrected chi connectivity index (χ1v) is 29.3. The molecule has 1 aromatic carbocycles. The van der Waals surface area contributed by atoms with E-state index in [1.165, 1.54) is 147 Å². The van der Waals surface area contributed by atoms with Gasteiger partial charge in [-0.15, -0.1) is 0 Å². The van der Waals surface area contributed by atoms with Crippen LogP contribution in [-0.4, -0.2) is 199 Å². The molecule has 0 aromatic heterocycles. The molecule has 27 heteroatoms. The van der Waals surface area contributed by atoms with E-state index in [0.717, 1.165) is 7.11 Å². The predicted octanol–water partition coefficient (Wildman–Crippen LogP) is 21.9. The van der Waals surface area contributed by atoms with Crippen LogP contribution in [0.2, 0.25) is 0 Å². The van der Waals surface area contributed by atoms with Gasteiger partial charge >= 0.3 is 35.8 Å². The minimum atomic E-state index is -1.63. The average molecular weight is 1710 g/mol. The summed E-state index contributed by atoms with van der Waals surface area (Å²) < 4.78 is 31.1. The highest BCUT2D eigenvalue weighted by Gasteiger charge is 2.49. The number of esters is 6. The smallest absolute Gasteiger partial charge is 0.349 e. The zero-order valence-corrected chi connectivity index (χ0v) is 59.9. The summed E-state index contributed by atoms with van der Waals surface area (Å²) in [6.45, 7) is 37.5. The molecule has 0 fully saturated rings. The van der Waals surface area contributed by atoms with Crippen LogP contribution in [0.3, 0.4) is 0 Å². The molecule has 6 radical (unpaired) electrons.